The molecule has 1 amide bonds. The quantitative estimate of drug-likeness (QED) is 0.509. The van der Waals surface area contributed by atoms with Gasteiger partial charge in [0.1, 0.15) is 11.5 Å². The Hall–Kier alpha value is -2.58. The largest absolute Gasteiger partial charge is 0.460 e. The van der Waals surface area contributed by atoms with E-state index >= 15 is 0 Å². The first-order valence-corrected chi connectivity index (χ1v) is 10.6. The van der Waals surface area contributed by atoms with Gasteiger partial charge in [-0.05, 0) is 48.5 Å². The summed E-state index contributed by atoms with van der Waals surface area (Å²) in [7, 11) is -3.63. The van der Waals surface area contributed by atoms with Gasteiger partial charge in [-0.15, -0.1) is 0 Å². The average molecular weight is 451 g/mol. The van der Waals surface area contributed by atoms with Crippen LogP contribution in [-0.2, 0) is 21.4 Å². The fourth-order valence-corrected chi connectivity index (χ4v) is 3.94. The van der Waals surface area contributed by atoms with Crippen LogP contribution < -0.4 is 10.0 Å². The molecule has 0 radical (unpaired) electrons. The van der Waals surface area contributed by atoms with Crippen molar-refractivity contribution in [1.29, 1.82) is 0 Å². The Labute approximate surface area is 178 Å². The summed E-state index contributed by atoms with van der Waals surface area (Å²) in [6, 6.07) is 16.0. The fraction of sp³-hybridized carbons (Fsp3) is 0.0500. The number of hydrogen-bond donors (Lipinski definition) is 2. The van der Waals surface area contributed by atoms with E-state index in [2.05, 4.69) is 10.0 Å². The first kappa shape index (κ1) is 21.1. The minimum atomic E-state index is -3.63. The predicted octanol–water partition coefficient (Wildman–Crippen LogP) is 4.72. The van der Waals surface area contributed by atoms with Crippen LogP contribution >= 0.6 is 23.2 Å². The highest BCUT2D eigenvalue weighted by Gasteiger charge is 2.13. The van der Waals surface area contributed by atoms with Gasteiger partial charge >= 0.3 is 0 Å². The van der Waals surface area contributed by atoms with Crippen LogP contribution in [-0.4, -0.2) is 14.3 Å². The fourth-order valence-electron chi connectivity index (χ4n) is 2.40. The van der Waals surface area contributed by atoms with E-state index in [1.54, 1.807) is 48.5 Å². The molecular formula is C20H16Cl2N2O4S. The summed E-state index contributed by atoms with van der Waals surface area (Å²) >= 11 is 11.8. The normalized spacial score (nSPS) is 11.7. The number of benzene rings is 2. The van der Waals surface area contributed by atoms with Crippen molar-refractivity contribution in [1.82, 2.24) is 4.72 Å². The van der Waals surface area contributed by atoms with Gasteiger partial charge in [0.2, 0.25) is 15.9 Å². The highest BCUT2D eigenvalue weighted by atomic mass is 35.5. The van der Waals surface area contributed by atoms with Gasteiger partial charge in [-0.1, -0.05) is 41.4 Å². The van der Waals surface area contributed by atoms with Crippen LogP contribution in [0.15, 0.2) is 76.1 Å². The molecule has 0 unspecified atom stereocenters. The molecule has 3 rings (SSSR count). The number of rotatable bonds is 7. The van der Waals surface area contributed by atoms with E-state index in [0.29, 0.717) is 27.3 Å². The number of halogens is 2. The van der Waals surface area contributed by atoms with Crippen molar-refractivity contribution in [2.45, 2.75) is 11.4 Å². The van der Waals surface area contributed by atoms with Crippen molar-refractivity contribution in [3.05, 3.63) is 88.3 Å². The number of nitrogens with one attached hydrogen (secondary N) is 2. The number of carbonyl (C=O) groups excluding carboxylic acids is 1. The van der Waals surface area contributed by atoms with E-state index in [1.165, 1.54) is 24.3 Å². The van der Waals surface area contributed by atoms with E-state index in [1.807, 2.05) is 0 Å². The number of hydrogen-bond acceptors (Lipinski definition) is 4. The average Bonchev–Trinajstić information content (AvgIpc) is 3.13. The summed E-state index contributed by atoms with van der Waals surface area (Å²) in [5.74, 6) is 0.412. The molecule has 0 spiro atoms. The Kier molecular flexibility index (Phi) is 6.76. The summed E-state index contributed by atoms with van der Waals surface area (Å²) in [5, 5.41) is 3.45. The molecule has 0 aliphatic carbocycles. The molecule has 2 N–H and O–H groups in total. The van der Waals surface area contributed by atoms with Gasteiger partial charge in [0, 0.05) is 21.8 Å². The molecule has 29 heavy (non-hydrogen) atoms. The van der Waals surface area contributed by atoms with Crippen molar-refractivity contribution >= 4 is 50.9 Å². The van der Waals surface area contributed by atoms with E-state index in [0.717, 1.165) is 0 Å². The molecule has 2 aromatic carbocycles. The Balaban J connectivity index is 1.57. The number of anilines is 1. The minimum absolute atomic E-state index is 0.0156. The Morgan fingerprint density at radius 2 is 1.69 bits per heavy atom. The molecule has 0 aliphatic rings. The molecular weight excluding hydrogens is 435 g/mol. The number of carbonyl (C=O) groups is 1. The number of amides is 1. The third-order valence-corrected chi connectivity index (χ3v) is 5.56. The number of furan rings is 1. The molecule has 0 fully saturated rings. The molecule has 6 nitrogen and oxygen atoms in total. The molecule has 0 bridgehead atoms. The van der Waals surface area contributed by atoms with Gasteiger partial charge < -0.3 is 9.73 Å². The molecule has 0 aliphatic heterocycles. The zero-order valence-electron chi connectivity index (χ0n) is 14.9. The third-order valence-electron chi connectivity index (χ3n) is 3.70. The molecule has 1 aromatic heterocycles. The van der Waals surface area contributed by atoms with Crippen LogP contribution in [0.1, 0.15) is 11.5 Å². The Morgan fingerprint density at radius 1 is 1.00 bits per heavy atom. The second-order valence-electron chi connectivity index (χ2n) is 5.92. The zero-order valence-corrected chi connectivity index (χ0v) is 17.3. The van der Waals surface area contributed by atoms with Crippen LogP contribution in [0.4, 0.5) is 5.69 Å². The zero-order chi connectivity index (χ0) is 20.9. The molecule has 1 heterocycles. The first-order valence-electron chi connectivity index (χ1n) is 8.40. The summed E-state index contributed by atoms with van der Waals surface area (Å²) < 4.78 is 32.4. The van der Waals surface area contributed by atoms with Crippen LogP contribution in [0.5, 0.6) is 0 Å². The summed E-state index contributed by atoms with van der Waals surface area (Å²) in [5.41, 5.74) is 0.465. The smallest absolute Gasteiger partial charge is 0.248 e. The van der Waals surface area contributed by atoms with Gasteiger partial charge in [-0.3, -0.25) is 4.79 Å². The van der Waals surface area contributed by atoms with Gasteiger partial charge in [-0.25, -0.2) is 13.1 Å². The first-order chi connectivity index (χ1) is 13.8. The maximum atomic E-state index is 12.2. The molecule has 3 aromatic rings. The standard InChI is InChI=1S/C20H16Cl2N2O4S/c21-14-10-15(22)12-16(11-14)24-20(25)9-8-17-6-7-18(28-17)13-23-29(26,27)19-4-2-1-3-5-19/h1-12,23H,13H2,(H,24,25)/b9-8+. The van der Waals surface area contributed by atoms with Crippen molar-refractivity contribution in [3.63, 3.8) is 0 Å². The monoisotopic (exact) mass is 450 g/mol. The van der Waals surface area contributed by atoms with E-state index < -0.39 is 15.9 Å². The lowest BCUT2D eigenvalue weighted by Gasteiger charge is -2.04. The molecule has 9 heteroatoms. The minimum Gasteiger partial charge on any atom is -0.460 e. The second-order valence-corrected chi connectivity index (χ2v) is 8.56. The highest BCUT2D eigenvalue weighted by Crippen LogP contribution is 2.22. The van der Waals surface area contributed by atoms with E-state index in [9.17, 15) is 13.2 Å². The Morgan fingerprint density at radius 3 is 2.38 bits per heavy atom. The maximum absolute atomic E-state index is 12.2. The summed E-state index contributed by atoms with van der Waals surface area (Å²) in [4.78, 5) is 12.2. The predicted molar refractivity (Wildman–Crippen MR) is 113 cm³/mol. The van der Waals surface area contributed by atoms with Gasteiger partial charge in [0.25, 0.3) is 0 Å². The molecule has 150 valence electrons. The van der Waals surface area contributed by atoms with Crippen molar-refractivity contribution in [3.8, 4) is 0 Å². The topological polar surface area (TPSA) is 88.4 Å². The lowest BCUT2D eigenvalue weighted by molar-refractivity contribution is -0.111. The van der Waals surface area contributed by atoms with Crippen molar-refractivity contribution < 1.29 is 17.6 Å². The summed E-state index contributed by atoms with van der Waals surface area (Å²) in [6.45, 7) is -0.0156. The van der Waals surface area contributed by atoms with Gasteiger partial charge in [0.15, 0.2) is 0 Å². The number of sulfonamides is 1. The maximum Gasteiger partial charge on any atom is 0.248 e. The van der Waals surface area contributed by atoms with Crippen LogP contribution in [0.3, 0.4) is 0 Å². The molecule has 0 saturated carbocycles. The lowest BCUT2D eigenvalue weighted by Crippen LogP contribution is -2.22. The molecule has 0 saturated heterocycles. The van der Waals surface area contributed by atoms with E-state index in [4.69, 9.17) is 27.6 Å². The molecule has 0 atom stereocenters. The van der Waals surface area contributed by atoms with Crippen molar-refractivity contribution in [2.24, 2.45) is 0 Å². The van der Waals surface area contributed by atoms with Gasteiger partial charge in [0.05, 0.1) is 11.4 Å². The highest BCUT2D eigenvalue weighted by molar-refractivity contribution is 7.89. The lowest BCUT2D eigenvalue weighted by atomic mass is 10.3. The SMILES string of the molecule is O=C(/C=C/c1ccc(CNS(=O)(=O)c2ccccc2)o1)Nc1cc(Cl)cc(Cl)c1. The second kappa shape index (κ2) is 9.28. The van der Waals surface area contributed by atoms with Crippen LogP contribution in [0, 0.1) is 0 Å². The van der Waals surface area contributed by atoms with Crippen LogP contribution in [0.25, 0.3) is 6.08 Å². The van der Waals surface area contributed by atoms with Crippen molar-refractivity contribution in [2.75, 3.05) is 5.32 Å². The van der Waals surface area contributed by atoms with Crippen LogP contribution in [0.2, 0.25) is 10.0 Å². The summed E-state index contributed by atoms with van der Waals surface area (Å²) in [6.07, 6.45) is 2.75. The Bertz CT molecular complexity index is 1120. The van der Waals surface area contributed by atoms with Gasteiger partial charge in [-0.2, -0.15) is 0 Å². The third kappa shape index (κ3) is 6.20. The van der Waals surface area contributed by atoms with E-state index in [-0.39, 0.29) is 11.4 Å².